The van der Waals surface area contributed by atoms with Gasteiger partial charge in [0.1, 0.15) is 11.6 Å². The highest BCUT2D eigenvalue weighted by atomic mass is 79.9. The Labute approximate surface area is 118 Å². The van der Waals surface area contributed by atoms with Gasteiger partial charge in [0, 0.05) is 25.8 Å². The Balaban J connectivity index is 2.88. The molecule has 0 aromatic heterocycles. The van der Waals surface area contributed by atoms with Crippen LogP contribution in [0.3, 0.4) is 0 Å². The number of carboxylic acid groups (broad SMARTS) is 1. The van der Waals surface area contributed by atoms with E-state index in [1.165, 1.54) is 18.1 Å². The Morgan fingerprint density at radius 1 is 1.47 bits per heavy atom. The van der Waals surface area contributed by atoms with Crippen LogP contribution in [0.2, 0.25) is 0 Å². The lowest BCUT2D eigenvalue weighted by Gasteiger charge is -2.20. The van der Waals surface area contributed by atoms with Crippen molar-refractivity contribution >= 4 is 21.9 Å². The number of methoxy groups -OCH3 is 1. The topological polar surface area (TPSA) is 49.8 Å². The average molecular weight is 338 g/mol. The van der Waals surface area contributed by atoms with Crippen LogP contribution in [-0.2, 0) is 16.1 Å². The molecular weight excluding hydrogens is 324 g/mol. The third-order valence-corrected chi connectivity index (χ3v) is 3.10. The molecule has 0 aliphatic carbocycles. The van der Waals surface area contributed by atoms with Crippen LogP contribution in [0.5, 0.6) is 0 Å². The lowest BCUT2D eigenvalue weighted by Crippen LogP contribution is -2.33. The van der Waals surface area contributed by atoms with E-state index in [1.54, 1.807) is 0 Å². The summed E-state index contributed by atoms with van der Waals surface area (Å²) in [6, 6.07) is 2.41. The van der Waals surface area contributed by atoms with Crippen molar-refractivity contribution in [3.05, 3.63) is 33.8 Å². The van der Waals surface area contributed by atoms with Gasteiger partial charge in [-0.25, -0.2) is 8.78 Å². The lowest BCUT2D eigenvalue weighted by atomic mass is 10.2. The number of rotatable bonds is 7. The fraction of sp³-hybridized carbons (Fsp3) is 0.417. The van der Waals surface area contributed by atoms with Gasteiger partial charge in [-0.2, -0.15) is 0 Å². The third kappa shape index (κ3) is 4.85. The Morgan fingerprint density at radius 2 is 2.16 bits per heavy atom. The van der Waals surface area contributed by atoms with Crippen molar-refractivity contribution in [2.45, 2.75) is 6.54 Å². The van der Waals surface area contributed by atoms with Crippen molar-refractivity contribution < 1.29 is 23.4 Å². The molecule has 0 saturated carbocycles. The third-order valence-electron chi connectivity index (χ3n) is 2.49. The van der Waals surface area contributed by atoms with E-state index < -0.39 is 17.6 Å². The predicted octanol–water partition coefficient (Wildman–Crippen LogP) is 2.26. The number of carbonyl (C=O) groups is 1. The van der Waals surface area contributed by atoms with Crippen molar-refractivity contribution in [3.8, 4) is 0 Å². The van der Waals surface area contributed by atoms with Gasteiger partial charge in [-0.15, -0.1) is 0 Å². The molecule has 0 radical (unpaired) electrons. The van der Waals surface area contributed by atoms with Gasteiger partial charge in [-0.1, -0.05) is 0 Å². The second-order valence-electron chi connectivity index (χ2n) is 3.92. The van der Waals surface area contributed by atoms with Crippen molar-refractivity contribution in [3.63, 3.8) is 0 Å². The molecule has 0 aliphatic heterocycles. The minimum Gasteiger partial charge on any atom is -0.480 e. The molecule has 0 unspecified atom stereocenters. The molecule has 19 heavy (non-hydrogen) atoms. The monoisotopic (exact) mass is 337 g/mol. The molecule has 7 heteroatoms. The zero-order valence-corrected chi connectivity index (χ0v) is 11.9. The fourth-order valence-corrected chi connectivity index (χ4v) is 1.93. The number of nitrogens with zero attached hydrogens (tertiary/aromatic N) is 1. The average Bonchev–Trinajstić information content (AvgIpc) is 2.35. The molecule has 106 valence electrons. The minimum atomic E-state index is -1.06. The first-order valence-electron chi connectivity index (χ1n) is 5.51. The molecule has 1 N–H and O–H groups in total. The number of hydrogen-bond donors (Lipinski definition) is 1. The van der Waals surface area contributed by atoms with Crippen LogP contribution in [0, 0.1) is 11.6 Å². The molecule has 0 bridgehead atoms. The van der Waals surface area contributed by atoms with Crippen molar-refractivity contribution in [1.82, 2.24) is 4.90 Å². The molecule has 4 nitrogen and oxygen atoms in total. The van der Waals surface area contributed by atoms with Gasteiger partial charge in [-0.05, 0) is 28.1 Å². The molecule has 0 heterocycles. The number of hydrogen-bond acceptors (Lipinski definition) is 3. The molecule has 1 rings (SSSR count). The van der Waals surface area contributed by atoms with E-state index in [0.717, 1.165) is 6.07 Å². The van der Waals surface area contributed by atoms with Crippen LogP contribution in [0.25, 0.3) is 0 Å². The normalized spacial score (nSPS) is 11.0. The molecule has 0 atom stereocenters. The van der Waals surface area contributed by atoms with Gasteiger partial charge in [0.15, 0.2) is 0 Å². The Bertz CT molecular complexity index is 457. The molecule has 0 saturated heterocycles. The van der Waals surface area contributed by atoms with E-state index in [9.17, 15) is 13.6 Å². The number of halogens is 3. The summed E-state index contributed by atoms with van der Waals surface area (Å²) in [7, 11) is 1.47. The molecule has 0 fully saturated rings. The summed E-state index contributed by atoms with van der Waals surface area (Å²) in [5.74, 6) is -2.48. The summed E-state index contributed by atoms with van der Waals surface area (Å²) in [5.41, 5.74) is -0.160. The van der Waals surface area contributed by atoms with Gasteiger partial charge in [0.2, 0.25) is 0 Å². The largest absolute Gasteiger partial charge is 0.480 e. The van der Waals surface area contributed by atoms with Gasteiger partial charge in [0.05, 0.1) is 17.6 Å². The van der Waals surface area contributed by atoms with Crippen LogP contribution in [0.15, 0.2) is 16.6 Å². The Kier molecular flexibility index (Phi) is 6.33. The van der Waals surface area contributed by atoms with Crippen LogP contribution in [-0.4, -0.2) is 42.8 Å². The highest BCUT2D eigenvalue weighted by molar-refractivity contribution is 9.10. The SMILES string of the molecule is COCCN(CC(=O)O)Cc1c(F)ccc(Br)c1F. The van der Waals surface area contributed by atoms with Gasteiger partial charge in [-0.3, -0.25) is 9.69 Å². The summed E-state index contributed by atoms with van der Waals surface area (Å²) < 4.78 is 32.4. The highest BCUT2D eigenvalue weighted by Gasteiger charge is 2.17. The van der Waals surface area contributed by atoms with E-state index in [2.05, 4.69) is 15.9 Å². The summed E-state index contributed by atoms with van der Waals surface area (Å²) in [5, 5.41) is 8.78. The maximum atomic E-state index is 13.8. The molecule has 0 aliphatic rings. The lowest BCUT2D eigenvalue weighted by molar-refractivity contribution is -0.138. The van der Waals surface area contributed by atoms with Gasteiger partial charge < -0.3 is 9.84 Å². The predicted molar refractivity (Wildman–Crippen MR) is 68.8 cm³/mol. The van der Waals surface area contributed by atoms with Crippen molar-refractivity contribution in [1.29, 1.82) is 0 Å². The zero-order valence-electron chi connectivity index (χ0n) is 10.3. The van der Waals surface area contributed by atoms with Crippen LogP contribution < -0.4 is 0 Å². The first-order valence-corrected chi connectivity index (χ1v) is 6.30. The van der Waals surface area contributed by atoms with Crippen molar-refractivity contribution in [2.75, 3.05) is 26.8 Å². The summed E-state index contributed by atoms with van der Waals surface area (Å²) >= 11 is 2.97. The number of aliphatic carboxylic acids is 1. The second kappa shape index (κ2) is 7.52. The maximum Gasteiger partial charge on any atom is 0.317 e. The van der Waals surface area contributed by atoms with E-state index >= 15 is 0 Å². The van der Waals surface area contributed by atoms with Crippen LogP contribution >= 0.6 is 15.9 Å². The molecule has 0 spiro atoms. The summed E-state index contributed by atoms with van der Waals surface area (Å²) in [6.45, 7) is 0.111. The van der Waals surface area contributed by atoms with Crippen molar-refractivity contribution in [2.24, 2.45) is 0 Å². The zero-order chi connectivity index (χ0) is 14.4. The highest BCUT2D eigenvalue weighted by Crippen LogP contribution is 2.22. The first kappa shape index (κ1) is 16.0. The number of ether oxygens (including phenoxy) is 1. The molecular formula is C12H14BrF2NO3. The quantitative estimate of drug-likeness (QED) is 0.775. The molecule has 0 amide bonds. The Hall–Kier alpha value is -1.05. The number of benzene rings is 1. The van der Waals surface area contributed by atoms with E-state index in [0.29, 0.717) is 0 Å². The standard InChI is InChI=1S/C12H14BrF2NO3/c1-19-5-4-16(7-11(17)18)6-8-10(14)3-2-9(13)12(8)15/h2-3H,4-7H2,1H3,(H,17,18). The van der Waals surface area contributed by atoms with Gasteiger partial charge >= 0.3 is 5.97 Å². The van der Waals surface area contributed by atoms with Crippen LogP contribution in [0.4, 0.5) is 8.78 Å². The second-order valence-corrected chi connectivity index (χ2v) is 4.77. The Morgan fingerprint density at radius 3 is 2.74 bits per heavy atom. The smallest absolute Gasteiger partial charge is 0.317 e. The first-order chi connectivity index (χ1) is 8.95. The minimum absolute atomic E-state index is 0.132. The summed E-state index contributed by atoms with van der Waals surface area (Å²) in [4.78, 5) is 12.1. The maximum absolute atomic E-state index is 13.8. The summed E-state index contributed by atoms with van der Waals surface area (Å²) in [6.07, 6.45) is 0. The number of carboxylic acids is 1. The molecule has 1 aromatic carbocycles. The van der Waals surface area contributed by atoms with E-state index in [1.807, 2.05) is 0 Å². The van der Waals surface area contributed by atoms with Crippen LogP contribution in [0.1, 0.15) is 5.56 Å². The molecule has 1 aromatic rings. The van der Waals surface area contributed by atoms with E-state index in [-0.39, 0.29) is 36.3 Å². The van der Waals surface area contributed by atoms with E-state index in [4.69, 9.17) is 9.84 Å². The van der Waals surface area contributed by atoms with Gasteiger partial charge in [0.25, 0.3) is 0 Å². The fourth-order valence-electron chi connectivity index (χ4n) is 1.56.